The van der Waals surface area contributed by atoms with Crippen molar-refractivity contribution in [2.24, 2.45) is 0 Å². The topological polar surface area (TPSA) is 213 Å². The largest absolute Gasteiger partial charge is 0.374 e. The van der Waals surface area contributed by atoms with E-state index in [1.807, 2.05) is 32.4 Å². The Bertz CT molecular complexity index is 2490. The molecule has 344 valence electrons. The number of hydrogen-bond donors (Lipinski definition) is 2. The molecule has 6 rings (SSSR count). The minimum Gasteiger partial charge on any atom is -0.374 e. The Morgan fingerprint density at radius 1 is 1.03 bits per heavy atom. The lowest BCUT2D eigenvalue weighted by Gasteiger charge is -2.37. The average Bonchev–Trinajstić information content (AvgIpc) is 3.96. The van der Waals surface area contributed by atoms with Crippen LogP contribution in [0.1, 0.15) is 58.8 Å². The molecular formula is C39H49FN10O11P2S. The van der Waals surface area contributed by atoms with Crippen LogP contribution in [0.15, 0.2) is 64.8 Å². The first-order valence-electron chi connectivity index (χ1n) is 20.7. The summed E-state index contributed by atoms with van der Waals surface area (Å²) in [6, 6.07) is 9.30. The highest BCUT2D eigenvalue weighted by Gasteiger charge is 2.52. The van der Waals surface area contributed by atoms with Gasteiger partial charge in [0.2, 0.25) is 13.1 Å². The van der Waals surface area contributed by atoms with Gasteiger partial charge in [-0.05, 0) is 58.5 Å². The number of benzene rings is 1. The number of carbonyl (C=O) groups is 1. The normalized spacial score (nSPS) is 25.0. The molecule has 2 aliphatic heterocycles. The Morgan fingerprint density at radius 2 is 1.77 bits per heavy atom. The van der Waals surface area contributed by atoms with Crippen LogP contribution in [0.4, 0.5) is 10.2 Å². The molecule has 64 heavy (non-hydrogen) atoms. The molecule has 0 spiro atoms. The number of amides is 1. The highest BCUT2D eigenvalue weighted by molar-refractivity contribution is 8.07. The molecule has 3 aromatic heterocycles. The predicted octanol–water partition coefficient (Wildman–Crippen LogP) is 5.03. The van der Waals surface area contributed by atoms with Crippen molar-refractivity contribution in [1.82, 2.24) is 33.7 Å². The number of halogens is 1. The summed E-state index contributed by atoms with van der Waals surface area (Å²) in [7, 11) is -0.645. The number of rotatable bonds is 21. The zero-order valence-electron chi connectivity index (χ0n) is 36.5. The Labute approximate surface area is 375 Å². The van der Waals surface area contributed by atoms with Crippen LogP contribution in [-0.4, -0.2) is 128 Å². The first kappa shape index (κ1) is 47.5. The Balaban J connectivity index is 1.28. The second kappa shape index (κ2) is 22.2. The fourth-order valence-electron chi connectivity index (χ4n) is 7.02. The smallest absolute Gasteiger partial charge is 0.330 e. The number of carbonyl (C=O) groups excluding carboxylic acids is 1. The maximum Gasteiger partial charge on any atom is 0.330 e. The third-order valence-corrected chi connectivity index (χ3v) is 14.3. The van der Waals surface area contributed by atoms with Gasteiger partial charge in [-0.2, -0.15) is 0 Å². The Kier molecular flexibility index (Phi) is 16.4. The van der Waals surface area contributed by atoms with Crippen molar-refractivity contribution < 1.29 is 47.4 Å². The highest BCUT2D eigenvalue weighted by Crippen LogP contribution is 2.56. The van der Waals surface area contributed by atoms with E-state index >= 15 is 4.39 Å². The molecule has 2 saturated heterocycles. The summed E-state index contributed by atoms with van der Waals surface area (Å²) >= 11 is 5.94. The fraction of sp³-hybridized carbons (Fsp3) is 0.538. The van der Waals surface area contributed by atoms with E-state index in [1.165, 1.54) is 19.8 Å². The van der Waals surface area contributed by atoms with Gasteiger partial charge in [0.15, 0.2) is 35.6 Å². The maximum absolute atomic E-state index is 16.9. The number of imidazole rings is 1. The summed E-state index contributed by atoms with van der Waals surface area (Å²) in [4.78, 5) is 59.8. The minimum absolute atomic E-state index is 0.0146. The number of fused-ring (bicyclic) bond motifs is 1. The van der Waals surface area contributed by atoms with Crippen LogP contribution in [0.5, 0.6) is 0 Å². The SMILES string of the molecule is [2H]C[C@H]1O[C@@H](n2cnc3c(NC(=O)c4ccccc4)ncnc32)[C@@H](OC)C1OP(=S)(OCC[N+]#[C-])OC[C@H]1O[C@@H](n2ccc(=O)[nH]c2=O)[C@@H](F)C1OP(OCC[N+]#[C-])N(C(C)C)C(C)C. The summed E-state index contributed by atoms with van der Waals surface area (Å²) in [6.07, 6.45) is -6.83. The summed E-state index contributed by atoms with van der Waals surface area (Å²) < 4.78 is 79.3. The van der Waals surface area contributed by atoms with Crippen molar-refractivity contribution >= 4 is 49.9 Å². The molecule has 2 N–H and O–H groups in total. The number of aromatic nitrogens is 6. The fourth-order valence-corrected chi connectivity index (χ4v) is 10.9. The van der Waals surface area contributed by atoms with Gasteiger partial charge in [0, 0.05) is 38.4 Å². The molecule has 10 atom stereocenters. The summed E-state index contributed by atoms with van der Waals surface area (Å²) in [5, 5.41) is 2.76. The molecule has 2 aliphatic rings. The number of aromatic amines is 1. The molecule has 0 aliphatic carbocycles. The third kappa shape index (κ3) is 11.3. The quantitative estimate of drug-likeness (QED) is 0.0637. The number of ether oxygens (including phenoxy) is 3. The molecule has 1 amide bonds. The van der Waals surface area contributed by atoms with Crippen molar-refractivity contribution in [3.8, 4) is 0 Å². The molecule has 4 aromatic rings. The molecule has 21 nitrogen and oxygen atoms in total. The third-order valence-electron chi connectivity index (χ3n) is 9.81. The minimum atomic E-state index is -4.01. The zero-order chi connectivity index (χ0) is 46.8. The lowest BCUT2D eigenvalue weighted by Crippen LogP contribution is -2.40. The lowest BCUT2D eigenvalue weighted by atomic mass is 10.1. The van der Waals surface area contributed by atoms with Crippen LogP contribution in [0.3, 0.4) is 0 Å². The number of hydrogen-bond acceptors (Lipinski definition) is 16. The molecule has 25 heteroatoms. The van der Waals surface area contributed by atoms with E-state index in [2.05, 4.69) is 34.9 Å². The van der Waals surface area contributed by atoms with Gasteiger partial charge in [-0.15, -0.1) is 0 Å². The summed E-state index contributed by atoms with van der Waals surface area (Å²) in [5.74, 6) is -0.277. The molecule has 5 heterocycles. The van der Waals surface area contributed by atoms with Gasteiger partial charge in [-0.3, -0.25) is 28.2 Å². The summed E-state index contributed by atoms with van der Waals surface area (Å²) in [5.41, 5.74) is -0.731. The monoisotopic (exact) mass is 947 g/mol. The maximum atomic E-state index is 16.9. The molecule has 0 radical (unpaired) electrons. The van der Waals surface area contributed by atoms with Gasteiger partial charge in [0.05, 0.1) is 19.0 Å². The zero-order valence-corrected chi connectivity index (χ0v) is 38.1. The number of anilines is 1. The van der Waals surface area contributed by atoms with Gasteiger partial charge < -0.3 is 47.3 Å². The van der Waals surface area contributed by atoms with E-state index in [4.69, 9.17) is 63.2 Å². The van der Waals surface area contributed by atoms with E-state index in [9.17, 15) is 14.4 Å². The van der Waals surface area contributed by atoms with Crippen LogP contribution in [0.2, 0.25) is 0 Å². The van der Waals surface area contributed by atoms with Gasteiger partial charge in [-0.1, -0.05) is 18.2 Å². The van der Waals surface area contributed by atoms with E-state index in [0.717, 1.165) is 16.8 Å². The van der Waals surface area contributed by atoms with E-state index < -0.39 is 88.2 Å². The van der Waals surface area contributed by atoms with Crippen LogP contribution < -0.4 is 16.6 Å². The number of H-pyrrole nitrogens is 1. The first-order chi connectivity index (χ1) is 31.2. The number of methoxy groups -OCH3 is 1. The van der Waals surface area contributed by atoms with Crippen molar-refractivity contribution in [2.75, 3.05) is 45.3 Å². The first-order valence-corrected chi connectivity index (χ1v) is 23.7. The Hall–Kier alpha value is -4.45. The van der Waals surface area contributed by atoms with Crippen LogP contribution >= 0.6 is 15.2 Å². The van der Waals surface area contributed by atoms with Gasteiger partial charge in [0.25, 0.3) is 20.0 Å². The van der Waals surface area contributed by atoms with Gasteiger partial charge in [0.1, 0.15) is 44.0 Å². The van der Waals surface area contributed by atoms with E-state index in [0.29, 0.717) is 5.56 Å². The Morgan fingerprint density at radius 3 is 2.44 bits per heavy atom. The van der Waals surface area contributed by atoms with E-state index in [-0.39, 0.29) is 62.3 Å². The van der Waals surface area contributed by atoms with Crippen molar-refractivity contribution in [2.45, 2.75) is 95.8 Å². The number of nitrogens with one attached hydrogen (secondary N) is 2. The van der Waals surface area contributed by atoms with Crippen LogP contribution in [-0.2, 0) is 48.6 Å². The molecule has 4 unspecified atom stereocenters. The van der Waals surface area contributed by atoms with Crippen molar-refractivity contribution in [1.29, 1.82) is 0 Å². The molecule has 1 aromatic carbocycles. The van der Waals surface area contributed by atoms with Crippen LogP contribution in [0, 0.1) is 13.1 Å². The van der Waals surface area contributed by atoms with Crippen molar-refractivity contribution in [3.05, 3.63) is 104 Å². The molecular weight excluding hydrogens is 898 g/mol. The predicted molar refractivity (Wildman–Crippen MR) is 234 cm³/mol. The van der Waals surface area contributed by atoms with Crippen LogP contribution in [0.25, 0.3) is 20.9 Å². The van der Waals surface area contributed by atoms with Gasteiger partial charge in [-0.25, -0.2) is 42.0 Å². The summed E-state index contributed by atoms with van der Waals surface area (Å²) in [6.45, 7) is 17.0. The standard InChI is InChI=1S/C39H49FN10O11P2S/c1-23(2)50(24(3)4)62(55-18-15-41-6)60-32-27(59-37(29(32)40)48-17-14-28(51)46-39(48)53)20-57-63(64,56-19-16-42-7)61-31-25(5)58-38(33(31)54-8)49-22-45-30-34(43-21-44-35(30)49)47-36(52)26-12-10-9-11-13-26/h9-14,17,21-25,27,29,31-33,37-38H,15-16,18-20H2,1-5,8H3,(H,46,51,53)(H,43,44,47,52)/t25-,27-,29+,31?,32?,33+,37-,38-,62?,63?/m1/s1/i5D. The van der Waals surface area contributed by atoms with Gasteiger partial charge >= 0.3 is 12.4 Å². The van der Waals surface area contributed by atoms with Crippen molar-refractivity contribution in [3.63, 3.8) is 0 Å². The average molecular weight is 948 g/mol. The second-order valence-corrected chi connectivity index (χ2v) is 19.1. The second-order valence-electron chi connectivity index (χ2n) is 14.8. The highest BCUT2D eigenvalue weighted by atomic mass is 32.5. The van der Waals surface area contributed by atoms with E-state index in [1.54, 1.807) is 34.9 Å². The lowest BCUT2D eigenvalue weighted by molar-refractivity contribution is -0.0537. The molecule has 2 fully saturated rings. The molecule has 0 bridgehead atoms. The molecule has 0 saturated carbocycles. The number of alkyl halides is 1. The number of nitrogens with zero attached hydrogens (tertiary/aromatic N) is 8.